The third-order valence-electron chi connectivity index (χ3n) is 6.50. The van der Waals surface area contributed by atoms with Gasteiger partial charge < -0.3 is 9.47 Å². The zero-order chi connectivity index (χ0) is 24.7. The van der Waals surface area contributed by atoms with Crippen LogP contribution in [-0.4, -0.2) is 51.6 Å². The summed E-state index contributed by atoms with van der Waals surface area (Å²) in [6.45, 7) is 4.87. The van der Waals surface area contributed by atoms with Crippen LogP contribution in [0, 0.1) is 5.92 Å². The van der Waals surface area contributed by atoms with Gasteiger partial charge in [-0.2, -0.15) is 4.72 Å². The first kappa shape index (κ1) is 25.7. The number of nitrogens with one attached hydrogen (secondary N) is 1. The van der Waals surface area contributed by atoms with Crippen molar-refractivity contribution in [3.63, 3.8) is 0 Å². The number of ketones is 1. The Morgan fingerprint density at radius 2 is 1.57 bits per heavy atom. The monoisotopic (exact) mass is 500 g/mol. The lowest BCUT2D eigenvalue weighted by Crippen LogP contribution is -2.44. The van der Waals surface area contributed by atoms with E-state index < -0.39 is 10.0 Å². The Morgan fingerprint density at radius 1 is 0.943 bits per heavy atom. The molecule has 2 aliphatic rings. The van der Waals surface area contributed by atoms with E-state index in [1.807, 2.05) is 24.3 Å². The molecule has 190 valence electrons. The summed E-state index contributed by atoms with van der Waals surface area (Å²) < 4.78 is 40.2. The van der Waals surface area contributed by atoms with Gasteiger partial charge in [-0.1, -0.05) is 13.3 Å². The van der Waals surface area contributed by atoms with Gasteiger partial charge in [0.25, 0.3) is 0 Å². The molecule has 1 unspecified atom stereocenters. The van der Waals surface area contributed by atoms with E-state index in [9.17, 15) is 13.2 Å². The molecule has 1 heterocycles. The van der Waals surface area contributed by atoms with Crippen LogP contribution in [0.1, 0.15) is 62.2 Å². The van der Waals surface area contributed by atoms with Crippen molar-refractivity contribution in [3.05, 3.63) is 54.1 Å². The van der Waals surface area contributed by atoms with Crippen molar-refractivity contribution in [2.45, 2.75) is 62.9 Å². The molecule has 1 atom stereocenters. The SMILES string of the molecule is CCCCOc1ccc(S(=O)(=O)NC2CCCN2CCCOc2ccc(C(=O)C3CC3)cc2)cc1. The van der Waals surface area contributed by atoms with Gasteiger partial charge in [-0.3, -0.25) is 9.69 Å². The summed E-state index contributed by atoms with van der Waals surface area (Å²) in [7, 11) is -3.61. The summed E-state index contributed by atoms with van der Waals surface area (Å²) >= 11 is 0. The molecule has 0 spiro atoms. The van der Waals surface area contributed by atoms with Crippen LogP contribution in [0.5, 0.6) is 11.5 Å². The van der Waals surface area contributed by atoms with Crippen LogP contribution in [0.15, 0.2) is 53.4 Å². The number of unbranched alkanes of at least 4 members (excludes halogenated alkanes) is 1. The maximum atomic E-state index is 12.9. The van der Waals surface area contributed by atoms with Gasteiger partial charge in [0.05, 0.1) is 24.3 Å². The maximum absolute atomic E-state index is 12.9. The molecule has 0 bridgehead atoms. The fraction of sp³-hybridized carbons (Fsp3) is 0.519. The second-order valence-electron chi connectivity index (χ2n) is 9.35. The number of ether oxygens (including phenoxy) is 2. The van der Waals surface area contributed by atoms with E-state index in [1.54, 1.807) is 24.3 Å². The molecule has 35 heavy (non-hydrogen) atoms. The number of carbonyl (C=O) groups excluding carboxylic acids is 1. The Kier molecular flexibility index (Phi) is 8.81. The van der Waals surface area contributed by atoms with Crippen LogP contribution in [0.25, 0.3) is 0 Å². The Hall–Kier alpha value is -2.42. The molecule has 1 saturated carbocycles. The molecule has 7 nitrogen and oxygen atoms in total. The Bertz CT molecular complexity index is 1070. The summed E-state index contributed by atoms with van der Waals surface area (Å²) in [5.41, 5.74) is 0.755. The van der Waals surface area contributed by atoms with Gasteiger partial charge in [-0.05, 0) is 93.6 Å². The van der Waals surface area contributed by atoms with Gasteiger partial charge in [0, 0.05) is 18.0 Å². The van der Waals surface area contributed by atoms with E-state index in [2.05, 4.69) is 16.5 Å². The predicted octanol–water partition coefficient (Wildman–Crippen LogP) is 4.63. The zero-order valence-corrected chi connectivity index (χ0v) is 21.3. The summed E-state index contributed by atoms with van der Waals surface area (Å²) in [5, 5.41) is 0. The molecule has 0 aromatic heterocycles. The fourth-order valence-electron chi connectivity index (χ4n) is 4.28. The molecule has 1 saturated heterocycles. The quantitative estimate of drug-likeness (QED) is 0.301. The minimum atomic E-state index is -3.61. The normalized spacial score (nSPS) is 18.5. The predicted molar refractivity (Wildman–Crippen MR) is 135 cm³/mol. The van der Waals surface area contributed by atoms with Gasteiger partial charge in [0.15, 0.2) is 5.78 Å². The minimum Gasteiger partial charge on any atom is -0.494 e. The molecule has 1 aliphatic carbocycles. The third kappa shape index (κ3) is 7.29. The lowest BCUT2D eigenvalue weighted by Gasteiger charge is -2.25. The fourth-order valence-corrected chi connectivity index (χ4v) is 5.53. The van der Waals surface area contributed by atoms with E-state index >= 15 is 0 Å². The number of benzene rings is 2. The van der Waals surface area contributed by atoms with Crippen molar-refractivity contribution < 1.29 is 22.7 Å². The summed E-state index contributed by atoms with van der Waals surface area (Å²) in [5.74, 6) is 1.88. The highest BCUT2D eigenvalue weighted by molar-refractivity contribution is 7.89. The highest BCUT2D eigenvalue weighted by Gasteiger charge is 2.30. The topological polar surface area (TPSA) is 84.9 Å². The standard InChI is InChI=1S/C27H36N2O5S/c1-2-3-19-33-24-13-15-25(16-14-24)35(31,32)28-26-6-4-17-29(26)18-5-20-34-23-11-9-22(10-12-23)27(30)21-7-8-21/h9-16,21,26,28H,2-8,17-20H2,1H3. The second-order valence-corrected chi connectivity index (χ2v) is 11.1. The van der Waals surface area contributed by atoms with Gasteiger partial charge >= 0.3 is 0 Å². The Morgan fingerprint density at radius 3 is 2.20 bits per heavy atom. The summed E-state index contributed by atoms with van der Waals surface area (Å²) in [4.78, 5) is 14.5. The van der Waals surface area contributed by atoms with Crippen LogP contribution in [0.4, 0.5) is 0 Å². The molecule has 4 rings (SSSR count). The molecular weight excluding hydrogens is 464 g/mol. The average Bonchev–Trinajstić information content (AvgIpc) is 3.63. The highest BCUT2D eigenvalue weighted by Crippen LogP contribution is 2.33. The number of hydrogen-bond acceptors (Lipinski definition) is 6. The molecule has 1 aliphatic heterocycles. The third-order valence-corrected chi connectivity index (χ3v) is 7.98. The Balaban J connectivity index is 1.22. The van der Waals surface area contributed by atoms with Crippen LogP contribution in [0.2, 0.25) is 0 Å². The van der Waals surface area contributed by atoms with Crippen LogP contribution in [0.3, 0.4) is 0 Å². The van der Waals surface area contributed by atoms with E-state index in [-0.39, 0.29) is 22.8 Å². The van der Waals surface area contributed by atoms with Crippen LogP contribution in [-0.2, 0) is 10.0 Å². The van der Waals surface area contributed by atoms with Crippen molar-refractivity contribution in [1.29, 1.82) is 0 Å². The summed E-state index contributed by atoms with van der Waals surface area (Å²) in [6.07, 6.45) is 6.34. The number of rotatable bonds is 14. The first-order valence-electron chi connectivity index (χ1n) is 12.7. The molecule has 8 heteroatoms. The second kappa shape index (κ2) is 12.0. The van der Waals surface area contributed by atoms with E-state index in [1.165, 1.54) is 0 Å². The molecule has 2 fully saturated rings. The molecule has 2 aromatic rings. The lowest BCUT2D eigenvalue weighted by atomic mass is 10.1. The number of sulfonamides is 1. The molecular formula is C27H36N2O5S. The molecule has 1 N–H and O–H groups in total. The van der Waals surface area contributed by atoms with Crippen LogP contribution >= 0.6 is 0 Å². The van der Waals surface area contributed by atoms with Gasteiger partial charge in [0.1, 0.15) is 11.5 Å². The number of likely N-dealkylation sites (tertiary alicyclic amines) is 1. The van der Waals surface area contributed by atoms with Gasteiger partial charge in [0.2, 0.25) is 10.0 Å². The maximum Gasteiger partial charge on any atom is 0.241 e. The number of hydrogen-bond donors (Lipinski definition) is 1. The smallest absolute Gasteiger partial charge is 0.241 e. The van der Waals surface area contributed by atoms with E-state index in [0.29, 0.717) is 19.0 Å². The highest BCUT2D eigenvalue weighted by atomic mass is 32.2. The summed E-state index contributed by atoms with van der Waals surface area (Å²) in [6, 6.07) is 14.0. The number of nitrogens with zero attached hydrogens (tertiary/aromatic N) is 1. The largest absolute Gasteiger partial charge is 0.494 e. The van der Waals surface area contributed by atoms with Gasteiger partial charge in [-0.15, -0.1) is 0 Å². The first-order valence-corrected chi connectivity index (χ1v) is 14.2. The van der Waals surface area contributed by atoms with Crippen molar-refractivity contribution >= 4 is 15.8 Å². The molecule has 0 amide bonds. The first-order chi connectivity index (χ1) is 17.0. The van der Waals surface area contributed by atoms with Crippen molar-refractivity contribution in [3.8, 4) is 11.5 Å². The van der Waals surface area contributed by atoms with Crippen molar-refractivity contribution in [2.75, 3.05) is 26.3 Å². The molecule has 2 aromatic carbocycles. The number of carbonyl (C=O) groups is 1. The van der Waals surface area contributed by atoms with Crippen molar-refractivity contribution in [2.24, 2.45) is 5.92 Å². The zero-order valence-electron chi connectivity index (χ0n) is 20.4. The Labute approximate surface area is 208 Å². The van der Waals surface area contributed by atoms with Gasteiger partial charge in [-0.25, -0.2) is 8.42 Å². The van der Waals surface area contributed by atoms with E-state index in [0.717, 1.165) is 69.3 Å². The minimum absolute atomic E-state index is 0.215. The van der Waals surface area contributed by atoms with Crippen molar-refractivity contribution in [1.82, 2.24) is 9.62 Å². The average molecular weight is 501 g/mol. The van der Waals surface area contributed by atoms with Crippen LogP contribution < -0.4 is 14.2 Å². The lowest BCUT2D eigenvalue weighted by molar-refractivity contribution is 0.0967. The number of Topliss-reactive ketones (excluding diaryl/α,β-unsaturated/α-hetero) is 1. The molecule has 0 radical (unpaired) electrons. The van der Waals surface area contributed by atoms with E-state index in [4.69, 9.17) is 9.47 Å².